The van der Waals surface area contributed by atoms with Gasteiger partial charge in [0.25, 0.3) is 5.91 Å². The molecule has 7 N–H and O–H groups in total. The molecule has 0 fully saturated rings. The Morgan fingerprint density at radius 1 is 1.05 bits per heavy atom. The van der Waals surface area contributed by atoms with Crippen LogP contribution in [0.4, 0.5) is 5.69 Å². The third kappa shape index (κ3) is 5.88. The summed E-state index contributed by atoms with van der Waals surface area (Å²) in [6.45, 7) is 6.71. The van der Waals surface area contributed by atoms with Crippen LogP contribution in [0.1, 0.15) is 74.9 Å². The standard InChI is InChI=1S/C42H41Cl2N6O10P/c1-5-41(53,6-2)39(52)45-24-16-19-13-14-26-23(15-19)42-22-11-7-10-21(30(22)48-40(42)58-26)20-9-8-12-25-27(20)28(35(44)50(25)17-57-61(54,55)56)32-34(43)49-38(59-32)31-33(42)60-37(47-31)29(18(3)4)46-36(24)51/h7-15,18,24,29,40,48,53-56,61H,5-6,16-17H2,1-4H3,(H,45,52)(H,46,51)/t24-,29?,40?,42?/m0/s1. The van der Waals surface area contributed by atoms with Gasteiger partial charge in [0.2, 0.25) is 5.91 Å². The van der Waals surface area contributed by atoms with E-state index in [1.54, 1.807) is 19.9 Å². The smallest absolute Gasteiger partial charge is 0.342 e. The van der Waals surface area contributed by atoms with Crippen LogP contribution in [0.25, 0.3) is 44.9 Å². The number of hydrogen-bond acceptors (Lipinski definition) is 13. The van der Waals surface area contributed by atoms with Crippen molar-refractivity contribution in [3.05, 3.63) is 93.2 Å². The number of halogens is 2. The summed E-state index contributed by atoms with van der Waals surface area (Å²) in [5.74, 6) is -0.434. The number of hydrogen-bond donors (Lipinski definition) is 7. The topological polar surface area (TPSA) is 227 Å². The summed E-state index contributed by atoms with van der Waals surface area (Å²) in [5, 5.41) is 21.3. The van der Waals surface area contributed by atoms with Crippen molar-refractivity contribution in [3.63, 3.8) is 0 Å². The van der Waals surface area contributed by atoms with Crippen LogP contribution in [0.3, 0.4) is 0 Å². The Morgan fingerprint density at radius 2 is 1.80 bits per heavy atom. The SMILES string of the molecule is CCC(O)(CC)C(=O)N[C@H]1Cc2ccc3c(c2)C24c5cccc(c5NC2O3)-c2cccc3c2c(c(Cl)n3CO[PH](O)(O)O)-c2oc(nc2Cl)-c2nc(oc24)C(C(C)C)NC1=O. The summed E-state index contributed by atoms with van der Waals surface area (Å²) in [4.78, 5) is 67.2. The third-order valence-corrected chi connectivity index (χ3v) is 13.6. The molecule has 3 aromatic carbocycles. The molecule has 4 atom stereocenters. The number of carbonyl (C=O) groups is 2. The summed E-state index contributed by atoms with van der Waals surface area (Å²) in [6.07, 6.45) is -0.424. The maximum atomic E-state index is 14.4. The van der Waals surface area contributed by atoms with Gasteiger partial charge in [-0.15, -0.1) is 0 Å². The molecular formula is C42H41Cl2N6O10P. The van der Waals surface area contributed by atoms with Gasteiger partial charge in [-0.05, 0) is 30.4 Å². The molecule has 318 valence electrons. The van der Waals surface area contributed by atoms with Crippen molar-refractivity contribution in [1.82, 2.24) is 25.2 Å². The first-order valence-corrected chi connectivity index (χ1v) is 22.4. The average molecular weight is 892 g/mol. The number of anilines is 1. The number of nitrogens with one attached hydrogen (secondary N) is 3. The molecule has 10 bridgehead atoms. The first-order chi connectivity index (χ1) is 29.1. The predicted octanol–water partition coefficient (Wildman–Crippen LogP) is 6.48. The molecule has 2 amide bonds. The van der Waals surface area contributed by atoms with Gasteiger partial charge in [0.1, 0.15) is 11.6 Å². The first kappa shape index (κ1) is 40.1. The van der Waals surface area contributed by atoms with Crippen LogP contribution in [0.2, 0.25) is 10.3 Å². The van der Waals surface area contributed by atoms with E-state index >= 15 is 0 Å². The summed E-state index contributed by atoms with van der Waals surface area (Å²) in [6, 6.07) is 15.0. The number of carbonyl (C=O) groups excluding carboxylic acids is 2. The van der Waals surface area contributed by atoms with Gasteiger partial charge in [-0.2, -0.15) is 0 Å². The molecule has 16 nitrogen and oxygen atoms in total. The molecule has 4 aliphatic rings. The van der Waals surface area contributed by atoms with Crippen molar-refractivity contribution >= 4 is 59.8 Å². The van der Waals surface area contributed by atoms with Gasteiger partial charge in [0.05, 0.1) is 0 Å². The molecule has 61 heavy (non-hydrogen) atoms. The minimum absolute atomic E-state index is 0.0293. The number of amides is 2. The number of rotatable bonds is 8. The van der Waals surface area contributed by atoms with Crippen LogP contribution < -0.4 is 20.7 Å². The Labute approximate surface area is 358 Å². The molecule has 0 aliphatic carbocycles. The van der Waals surface area contributed by atoms with Gasteiger partial charge < -0.3 is 15.7 Å². The minimum atomic E-state index is -4.99. The van der Waals surface area contributed by atoms with Crippen molar-refractivity contribution in [1.29, 1.82) is 0 Å². The van der Waals surface area contributed by atoms with Gasteiger partial charge in [-0.1, -0.05) is 33.8 Å². The minimum Gasteiger partial charge on any atom is -0.342 e. The van der Waals surface area contributed by atoms with Gasteiger partial charge in [0.15, 0.2) is 0 Å². The molecule has 19 heteroatoms. The second-order valence-corrected chi connectivity index (χ2v) is 18.4. The summed E-state index contributed by atoms with van der Waals surface area (Å²) in [7, 11) is -4.99. The second-order valence-electron chi connectivity index (χ2n) is 16.2. The molecular weight excluding hydrogens is 850 g/mol. The van der Waals surface area contributed by atoms with E-state index in [4.69, 9.17) is 51.3 Å². The molecule has 7 heterocycles. The molecule has 0 radical (unpaired) electrons. The Hall–Kier alpha value is -5.03. The van der Waals surface area contributed by atoms with Crippen LogP contribution >= 0.6 is 31.4 Å². The number of fused-ring (bicyclic) bond motifs is 7. The van der Waals surface area contributed by atoms with E-state index in [2.05, 4.69) is 16.0 Å². The Balaban J connectivity index is 1.27. The second kappa shape index (κ2) is 14.0. The van der Waals surface area contributed by atoms with E-state index < -0.39 is 56.0 Å². The molecule has 4 aliphatic heterocycles. The van der Waals surface area contributed by atoms with E-state index in [1.807, 2.05) is 62.4 Å². The van der Waals surface area contributed by atoms with E-state index in [1.165, 1.54) is 4.57 Å². The van der Waals surface area contributed by atoms with Crippen molar-refractivity contribution in [2.45, 2.75) is 83.0 Å². The van der Waals surface area contributed by atoms with Crippen LogP contribution in [0, 0.1) is 5.92 Å². The quantitative estimate of drug-likeness (QED) is 0.0813. The Bertz CT molecular complexity index is 2830. The van der Waals surface area contributed by atoms with Crippen molar-refractivity contribution in [2.75, 3.05) is 5.32 Å². The fourth-order valence-electron chi connectivity index (χ4n) is 9.25. The zero-order chi connectivity index (χ0) is 42.9. The van der Waals surface area contributed by atoms with Crippen LogP contribution in [-0.2, 0) is 32.7 Å². The number of aliphatic hydroxyl groups is 1. The first-order valence-electron chi connectivity index (χ1n) is 19.9. The summed E-state index contributed by atoms with van der Waals surface area (Å²) in [5.41, 5.74) is 2.34. The molecule has 1 spiro atoms. The van der Waals surface area contributed by atoms with Gasteiger partial charge in [-0.3, -0.25) is 9.59 Å². The maximum absolute atomic E-state index is 14.4. The number of oxazole rings is 2. The average Bonchev–Trinajstić information content (AvgIpc) is 4.02. The van der Waals surface area contributed by atoms with Gasteiger partial charge >= 0.3 is 240 Å². The number of benzene rings is 3. The van der Waals surface area contributed by atoms with Crippen molar-refractivity contribution in [3.8, 4) is 39.8 Å². The molecule has 0 saturated carbocycles. The predicted molar refractivity (Wildman–Crippen MR) is 226 cm³/mol. The molecule has 3 aromatic heterocycles. The summed E-state index contributed by atoms with van der Waals surface area (Å²) >= 11 is 14.2. The van der Waals surface area contributed by atoms with Crippen LogP contribution in [0.5, 0.6) is 5.75 Å². The van der Waals surface area contributed by atoms with E-state index in [0.717, 1.165) is 11.1 Å². The van der Waals surface area contributed by atoms with E-state index in [9.17, 15) is 29.4 Å². The fraction of sp³-hybridized carbons (Fsp3) is 0.333. The van der Waals surface area contributed by atoms with E-state index in [0.29, 0.717) is 50.4 Å². The van der Waals surface area contributed by atoms with E-state index in [-0.39, 0.29) is 58.7 Å². The number of para-hydroxylation sites is 1. The Kier molecular flexibility index (Phi) is 9.19. The molecule has 10 rings (SSSR count). The molecule has 3 unspecified atom stereocenters. The summed E-state index contributed by atoms with van der Waals surface area (Å²) < 4.78 is 27.0. The number of nitrogens with zero attached hydrogens (tertiary/aromatic N) is 3. The third-order valence-electron chi connectivity index (χ3n) is 12.5. The van der Waals surface area contributed by atoms with Gasteiger partial charge in [-0.25, -0.2) is 0 Å². The van der Waals surface area contributed by atoms with Gasteiger partial charge in [0, 0.05) is 6.42 Å². The Morgan fingerprint density at radius 3 is 2.54 bits per heavy atom. The van der Waals surface area contributed by atoms with Crippen LogP contribution in [0.15, 0.2) is 63.4 Å². The molecule has 6 aromatic rings. The monoisotopic (exact) mass is 890 g/mol. The normalized spacial score (nSPS) is 21.3. The fourth-order valence-corrected chi connectivity index (χ4v) is 10.1. The molecule has 0 saturated heterocycles. The number of aromatic nitrogens is 3. The zero-order valence-electron chi connectivity index (χ0n) is 33.2. The van der Waals surface area contributed by atoms with Crippen molar-refractivity contribution in [2.24, 2.45) is 5.92 Å². The van der Waals surface area contributed by atoms with Crippen molar-refractivity contribution < 1.29 is 47.5 Å². The number of ether oxygens (including phenoxy) is 1. The zero-order valence-corrected chi connectivity index (χ0v) is 35.7. The van der Waals surface area contributed by atoms with Crippen LogP contribution in [-0.4, -0.2) is 64.0 Å².